The molecule has 1 aliphatic rings. The molecule has 9 heteroatoms. The number of alkyl halides is 7. The van der Waals surface area contributed by atoms with Crippen molar-refractivity contribution in [3.8, 4) is 0 Å². The van der Waals surface area contributed by atoms with Crippen LogP contribution in [0.2, 0.25) is 0 Å². The molecule has 0 aromatic heterocycles. The molecule has 0 radical (unpaired) electrons. The van der Waals surface area contributed by atoms with Crippen molar-refractivity contribution in [1.29, 1.82) is 0 Å². The van der Waals surface area contributed by atoms with Crippen LogP contribution >= 0.6 is 12.4 Å². The van der Waals surface area contributed by atoms with Crippen molar-refractivity contribution in [2.24, 2.45) is 0 Å². The van der Waals surface area contributed by atoms with Gasteiger partial charge in [0.2, 0.25) is 0 Å². The minimum atomic E-state index is -6.23. The van der Waals surface area contributed by atoms with E-state index >= 15 is 0 Å². The zero-order valence-electron chi connectivity index (χ0n) is 7.05. The van der Waals surface area contributed by atoms with Gasteiger partial charge in [-0.15, -0.1) is 12.4 Å². The largest absolute Gasteiger partial charge is 0.459 e. The van der Waals surface area contributed by atoms with E-state index in [9.17, 15) is 30.7 Å². The van der Waals surface area contributed by atoms with Gasteiger partial charge in [0.25, 0.3) is 0 Å². The predicted octanol–water partition coefficient (Wildman–Crippen LogP) is 2.60. The molecule has 0 spiro atoms. The molecule has 0 bridgehead atoms. The van der Waals surface area contributed by atoms with Gasteiger partial charge >= 0.3 is 18.0 Å². The van der Waals surface area contributed by atoms with E-state index in [2.05, 4.69) is 0 Å². The molecule has 0 amide bonds. The van der Waals surface area contributed by atoms with Crippen LogP contribution in [0.4, 0.5) is 30.7 Å². The Balaban J connectivity index is 0.00000196. The van der Waals surface area contributed by atoms with Crippen molar-refractivity contribution in [3.63, 3.8) is 0 Å². The molecule has 92 valence electrons. The van der Waals surface area contributed by atoms with Crippen molar-refractivity contribution in [1.82, 2.24) is 5.32 Å². The SMILES string of the molecule is Cl.FC(F)(F)C(F)(F)C(F)(F)[C@@H]1CCN1. The van der Waals surface area contributed by atoms with E-state index in [1.807, 2.05) is 5.32 Å². The number of halogens is 8. The van der Waals surface area contributed by atoms with Gasteiger partial charge in [-0.3, -0.25) is 0 Å². The molecule has 1 saturated heterocycles. The summed E-state index contributed by atoms with van der Waals surface area (Å²) in [4.78, 5) is 0. The smallest absolute Gasteiger partial charge is 0.308 e. The van der Waals surface area contributed by atoms with Crippen molar-refractivity contribution >= 4 is 12.4 Å². The van der Waals surface area contributed by atoms with Gasteiger partial charge < -0.3 is 5.32 Å². The van der Waals surface area contributed by atoms with Gasteiger partial charge in [0.1, 0.15) is 0 Å². The summed E-state index contributed by atoms with van der Waals surface area (Å²) in [6.45, 7) is 0.0220. The molecular weight excluding hydrogens is 255 g/mol. The van der Waals surface area contributed by atoms with E-state index in [1.165, 1.54) is 0 Å². The summed E-state index contributed by atoms with van der Waals surface area (Å²) >= 11 is 0. The second-order valence-electron chi connectivity index (χ2n) is 2.99. The number of hydrogen-bond acceptors (Lipinski definition) is 1. The van der Waals surface area contributed by atoms with E-state index in [4.69, 9.17) is 0 Å². The van der Waals surface area contributed by atoms with Crippen LogP contribution in [0, 0.1) is 0 Å². The molecule has 1 atom stereocenters. The Morgan fingerprint density at radius 1 is 0.933 bits per heavy atom. The van der Waals surface area contributed by atoms with Crippen molar-refractivity contribution in [2.45, 2.75) is 30.5 Å². The fourth-order valence-electron chi connectivity index (χ4n) is 1.01. The molecule has 0 aromatic carbocycles. The van der Waals surface area contributed by atoms with Gasteiger partial charge in [0.05, 0.1) is 6.04 Å². The Morgan fingerprint density at radius 2 is 1.33 bits per heavy atom. The van der Waals surface area contributed by atoms with Crippen LogP contribution in [0.5, 0.6) is 0 Å². The summed E-state index contributed by atoms with van der Waals surface area (Å²) < 4.78 is 84.5. The van der Waals surface area contributed by atoms with Crippen molar-refractivity contribution in [3.05, 3.63) is 0 Å². The molecule has 1 fully saturated rings. The number of hydrogen-bond donors (Lipinski definition) is 1. The molecule has 0 unspecified atom stereocenters. The van der Waals surface area contributed by atoms with Gasteiger partial charge in [-0.25, -0.2) is 0 Å². The zero-order chi connectivity index (χ0) is 11.2. The quantitative estimate of drug-likeness (QED) is 0.754. The average Bonchev–Trinajstić information content (AvgIpc) is 1.78. The number of rotatable bonds is 2. The molecule has 15 heavy (non-hydrogen) atoms. The summed E-state index contributed by atoms with van der Waals surface area (Å²) in [5, 5.41) is 1.83. The van der Waals surface area contributed by atoms with Crippen molar-refractivity contribution < 1.29 is 30.7 Å². The lowest BCUT2D eigenvalue weighted by Crippen LogP contribution is -2.65. The van der Waals surface area contributed by atoms with Crippen LogP contribution in [-0.2, 0) is 0 Å². The molecule has 1 rings (SSSR count). The van der Waals surface area contributed by atoms with Gasteiger partial charge in [-0.1, -0.05) is 0 Å². The summed E-state index contributed by atoms with van der Waals surface area (Å²) in [7, 11) is 0. The zero-order valence-corrected chi connectivity index (χ0v) is 7.86. The third-order valence-corrected chi connectivity index (χ3v) is 2.04. The van der Waals surface area contributed by atoms with E-state index in [0.29, 0.717) is 0 Å². The molecule has 1 nitrogen and oxygen atoms in total. The van der Waals surface area contributed by atoms with Gasteiger partial charge in [0.15, 0.2) is 0 Å². The third kappa shape index (κ3) is 2.15. The Bertz CT molecular complexity index is 222. The molecule has 0 aromatic rings. The minimum Gasteiger partial charge on any atom is -0.308 e. The second-order valence-corrected chi connectivity index (χ2v) is 2.99. The maximum Gasteiger partial charge on any atom is 0.459 e. The highest BCUT2D eigenvalue weighted by Crippen LogP contribution is 2.49. The summed E-state index contributed by atoms with van der Waals surface area (Å²) in [6, 6.07) is -2.10. The van der Waals surface area contributed by atoms with E-state index in [1.54, 1.807) is 0 Å². The lowest BCUT2D eigenvalue weighted by atomic mass is 9.94. The molecule has 1 heterocycles. The highest BCUT2D eigenvalue weighted by atomic mass is 35.5. The van der Waals surface area contributed by atoms with Crippen LogP contribution in [-0.4, -0.2) is 30.6 Å². The maximum atomic E-state index is 12.6. The Hall–Kier alpha value is -0.240. The van der Waals surface area contributed by atoms with Crippen LogP contribution in [0.25, 0.3) is 0 Å². The van der Waals surface area contributed by atoms with Crippen LogP contribution < -0.4 is 5.32 Å². The van der Waals surface area contributed by atoms with Gasteiger partial charge in [0, 0.05) is 0 Å². The topological polar surface area (TPSA) is 12.0 Å². The maximum absolute atomic E-state index is 12.6. The molecule has 1 N–H and O–H groups in total. The lowest BCUT2D eigenvalue weighted by molar-refractivity contribution is -0.363. The minimum absolute atomic E-state index is 0. The van der Waals surface area contributed by atoms with E-state index in [0.717, 1.165) is 0 Å². The highest BCUT2D eigenvalue weighted by Gasteiger charge is 2.75. The monoisotopic (exact) mass is 261 g/mol. The Labute approximate surface area is 86.4 Å². The average molecular weight is 262 g/mol. The molecular formula is C6H7ClF7N. The summed E-state index contributed by atoms with van der Waals surface area (Å²) in [5.74, 6) is -11.1. The van der Waals surface area contributed by atoms with Gasteiger partial charge in [-0.05, 0) is 13.0 Å². The number of nitrogens with one attached hydrogen (secondary N) is 1. The standard InChI is InChI=1S/C6H6F7N.ClH/c7-4(8,3-1-2-14-3)5(9,10)6(11,12)13;/h3,14H,1-2H2;1H/t3-;/m0./s1. The van der Waals surface area contributed by atoms with Gasteiger partial charge in [-0.2, -0.15) is 30.7 Å². The highest BCUT2D eigenvalue weighted by molar-refractivity contribution is 5.85. The Morgan fingerprint density at radius 3 is 1.53 bits per heavy atom. The first-order valence-electron chi connectivity index (χ1n) is 3.66. The predicted molar refractivity (Wildman–Crippen MR) is 39.6 cm³/mol. The van der Waals surface area contributed by atoms with Crippen LogP contribution in [0.15, 0.2) is 0 Å². The second kappa shape index (κ2) is 3.97. The fraction of sp³-hybridized carbons (Fsp3) is 1.00. The Kier molecular flexibility index (Phi) is 3.91. The van der Waals surface area contributed by atoms with Crippen LogP contribution in [0.3, 0.4) is 0 Å². The van der Waals surface area contributed by atoms with E-state index < -0.39 is 30.5 Å². The normalized spacial score (nSPS) is 23.0. The first-order chi connectivity index (χ1) is 6.11. The van der Waals surface area contributed by atoms with Crippen molar-refractivity contribution in [2.75, 3.05) is 6.54 Å². The molecule has 1 aliphatic heterocycles. The molecule has 0 aliphatic carbocycles. The fourth-order valence-corrected chi connectivity index (χ4v) is 1.01. The summed E-state index contributed by atoms with van der Waals surface area (Å²) in [6.07, 6.45) is -6.62. The first kappa shape index (κ1) is 14.8. The van der Waals surface area contributed by atoms with E-state index in [-0.39, 0.29) is 19.0 Å². The third-order valence-electron chi connectivity index (χ3n) is 2.04. The molecule has 0 saturated carbocycles. The lowest BCUT2D eigenvalue weighted by Gasteiger charge is -2.39. The first-order valence-corrected chi connectivity index (χ1v) is 3.66. The van der Waals surface area contributed by atoms with Crippen LogP contribution in [0.1, 0.15) is 6.42 Å². The summed E-state index contributed by atoms with van der Waals surface area (Å²) in [5.41, 5.74) is 0.